The van der Waals surface area contributed by atoms with Crippen molar-refractivity contribution in [2.75, 3.05) is 0 Å². The Labute approximate surface area is 205 Å². The molecule has 0 radical (unpaired) electrons. The Hall–Kier alpha value is -4.00. The monoisotopic (exact) mass is 582 g/mol. The molecule has 3 rings (SSSR count). The molecular formula is C20H13BrF6N4O5. The Morgan fingerprint density at radius 3 is 2.44 bits per heavy atom. The first-order valence-corrected chi connectivity index (χ1v) is 10.1. The summed E-state index contributed by atoms with van der Waals surface area (Å²) >= 11 is 3.14. The molecule has 3 aromatic rings. The van der Waals surface area contributed by atoms with Gasteiger partial charge in [0.2, 0.25) is 5.82 Å². The van der Waals surface area contributed by atoms with Crippen LogP contribution < -0.4 is 15.2 Å². The fraction of sp³-hybridized carbons (Fsp3) is 0.200. The summed E-state index contributed by atoms with van der Waals surface area (Å²) in [7, 11) is 1.47. The van der Waals surface area contributed by atoms with E-state index in [1.165, 1.54) is 29.8 Å². The lowest BCUT2D eigenvalue weighted by Gasteiger charge is -2.13. The zero-order valence-electron chi connectivity index (χ0n) is 17.7. The Morgan fingerprint density at radius 2 is 1.94 bits per heavy atom. The van der Waals surface area contributed by atoms with Gasteiger partial charge in [0.15, 0.2) is 17.3 Å². The minimum absolute atomic E-state index is 0.0545. The second-order valence-corrected chi connectivity index (χ2v) is 7.44. The molecule has 0 saturated carbocycles. The molecule has 0 amide bonds. The number of carboxylic acid groups (broad SMARTS) is 1. The Morgan fingerprint density at radius 1 is 1.31 bits per heavy atom. The van der Waals surface area contributed by atoms with Gasteiger partial charge in [-0.25, -0.2) is 23.5 Å². The molecule has 0 saturated heterocycles. The van der Waals surface area contributed by atoms with Gasteiger partial charge in [-0.2, -0.15) is 27.9 Å². The standard InChI is InChI=1S/C18H12BrF3N4O3.C2HF3O2/c1-26-14(24-25-18(26)27)8-28-13-3-2-12(19)16(15(13)20)29-11-5-9(7-23)4-10(6-11)17(21)22;3-2(4,5)1(6)7/h2-6,17H,8H2,1H3,(H,25,27);(H,6,7). The Kier molecular flexibility index (Phi) is 9.11. The molecule has 192 valence electrons. The molecule has 1 aromatic heterocycles. The van der Waals surface area contributed by atoms with Crippen LogP contribution in [0.25, 0.3) is 0 Å². The largest absolute Gasteiger partial charge is 0.490 e. The van der Waals surface area contributed by atoms with Crippen LogP contribution in [0.15, 0.2) is 39.6 Å². The second kappa shape index (κ2) is 11.6. The van der Waals surface area contributed by atoms with E-state index >= 15 is 0 Å². The van der Waals surface area contributed by atoms with Crippen LogP contribution in [0.4, 0.5) is 26.3 Å². The van der Waals surface area contributed by atoms with Crippen LogP contribution in [0.3, 0.4) is 0 Å². The summed E-state index contributed by atoms with van der Waals surface area (Å²) in [4.78, 5) is 20.3. The molecule has 1 heterocycles. The number of rotatable bonds is 6. The van der Waals surface area contributed by atoms with Crippen LogP contribution in [0, 0.1) is 17.1 Å². The highest BCUT2D eigenvalue weighted by Gasteiger charge is 2.38. The maximum atomic E-state index is 14.9. The lowest BCUT2D eigenvalue weighted by Crippen LogP contribution is -2.21. The van der Waals surface area contributed by atoms with Gasteiger partial charge in [-0.3, -0.25) is 4.57 Å². The average molecular weight is 583 g/mol. The fourth-order valence-corrected chi connectivity index (χ4v) is 2.75. The van der Waals surface area contributed by atoms with E-state index in [2.05, 4.69) is 26.1 Å². The predicted molar refractivity (Wildman–Crippen MR) is 112 cm³/mol. The van der Waals surface area contributed by atoms with Crippen molar-refractivity contribution in [3.05, 3.63) is 68.1 Å². The lowest BCUT2D eigenvalue weighted by molar-refractivity contribution is -0.192. The Balaban J connectivity index is 0.000000572. The molecule has 2 N–H and O–H groups in total. The van der Waals surface area contributed by atoms with Gasteiger partial charge in [-0.1, -0.05) is 0 Å². The zero-order chi connectivity index (χ0) is 27.2. The third-order valence-electron chi connectivity index (χ3n) is 4.12. The highest BCUT2D eigenvalue weighted by Crippen LogP contribution is 2.38. The molecule has 16 heteroatoms. The fourth-order valence-electron chi connectivity index (χ4n) is 2.36. The minimum atomic E-state index is -5.08. The van der Waals surface area contributed by atoms with Gasteiger partial charge in [0, 0.05) is 12.6 Å². The van der Waals surface area contributed by atoms with Crippen LogP contribution in [-0.2, 0) is 18.4 Å². The van der Waals surface area contributed by atoms with Gasteiger partial charge in [0.25, 0.3) is 6.43 Å². The number of nitrogens with one attached hydrogen (secondary N) is 1. The number of halogens is 7. The number of aromatic amines is 1. The SMILES string of the molecule is Cn1c(COc2ccc(Br)c(Oc3cc(C#N)cc(C(F)F)c3)c2F)n[nH]c1=O.O=C(O)C(F)(F)F. The molecule has 0 bridgehead atoms. The first-order valence-electron chi connectivity index (χ1n) is 9.26. The summed E-state index contributed by atoms with van der Waals surface area (Å²) < 4.78 is 84.9. The van der Waals surface area contributed by atoms with E-state index < -0.39 is 35.6 Å². The first-order chi connectivity index (χ1) is 16.7. The lowest BCUT2D eigenvalue weighted by atomic mass is 10.1. The average Bonchev–Trinajstić information content (AvgIpc) is 3.13. The highest BCUT2D eigenvalue weighted by atomic mass is 79.9. The summed E-state index contributed by atoms with van der Waals surface area (Å²) in [5.41, 5.74) is -0.931. The molecule has 0 fully saturated rings. The van der Waals surface area contributed by atoms with Crippen molar-refractivity contribution in [1.29, 1.82) is 5.26 Å². The second-order valence-electron chi connectivity index (χ2n) is 6.59. The number of hydrogen-bond acceptors (Lipinski definition) is 6. The van der Waals surface area contributed by atoms with Gasteiger partial charge in [-0.05, 0) is 46.3 Å². The van der Waals surface area contributed by atoms with Gasteiger partial charge in [-0.15, -0.1) is 0 Å². The third kappa shape index (κ3) is 7.25. The summed E-state index contributed by atoms with van der Waals surface area (Å²) in [6.07, 6.45) is -7.91. The van der Waals surface area contributed by atoms with Gasteiger partial charge >= 0.3 is 17.8 Å². The number of benzene rings is 2. The van der Waals surface area contributed by atoms with Crippen molar-refractivity contribution in [3.8, 4) is 23.3 Å². The third-order valence-corrected chi connectivity index (χ3v) is 4.74. The van der Waals surface area contributed by atoms with E-state index in [-0.39, 0.29) is 39.7 Å². The quantitative estimate of drug-likeness (QED) is 0.398. The summed E-state index contributed by atoms with van der Waals surface area (Å²) in [5, 5.41) is 22.1. The maximum Gasteiger partial charge on any atom is 0.490 e. The van der Waals surface area contributed by atoms with Crippen molar-refractivity contribution in [3.63, 3.8) is 0 Å². The highest BCUT2D eigenvalue weighted by molar-refractivity contribution is 9.10. The van der Waals surface area contributed by atoms with Crippen molar-refractivity contribution < 1.29 is 45.7 Å². The van der Waals surface area contributed by atoms with Crippen LogP contribution >= 0.6 is 15.9 Å². The first kappa shape index (κ1) is 28.2. The molecule has 0 spiro atoms. The van der Waals surface area contributed by atoms with Crippen molar-refractivity contribution in [2.24, 2.45) is 7.05 Å². The number of nitriles is 1. The van der Waals surface area contributed by atoms with Crippen molar-refractivity contribution >= 4 is 21.9 Å². The van der Waals surface area contributed by atoms with Crippen LogP contribution in [0.2, 0.25) is 0 Å². The normalized spacial score (nSPS) is 10.9. The van der Waals surface area contributed by atoms with E-state index in [4.69, 9.17) is 24.6 Å². The number of H-pyrrole nitrogens is 1. The molecule has 0 aliphatic carbocycles. The number of ether oxygens (including phenoxy) is 2. The van der Waals surface area contributed by atoms with E-state index in [1.807, 2.05) is 0 Å². The van der Waals surface area contributed by atoms with Gasteiger partial charge in [0.1, 0.15) is 12.4 Å². The summed E-state index contributed by atoms with van der Waals surface area (Å²) in [6.45, 7) is -0.202. The number of hydrogen-bond donors (Lipinski definition) is 2. The molecule has 0 unspecified atom stereocenters. The van der Waals surface area contributed by atoms with E-state index in [9.17, 15) is 31.1 Å². The topological polar surface area (TPSA) is 130 Å². The molecule has 36 heavy (non-hydrogen) atoms. The molecule has 2 aromatic carbocycles. The maximum absolute atomic E-state index is 14.9. The van der Waals surface area contributed by atoms with Gasteiger partial charge in [0.05, 0.1) is 16.1 Å². The summed E-state index contributed by atoms with van der Waals surface area (Å²) in [6, 6.07) is 7.78. The molecule has 0 aliphatic heterocycles. The molecule has 0 aliphatic rings. The van der Waals surface area contributed by atoms with Crippen LogP contribution in [0.1, 0.15) is 23.4 Å². The van der Waals surface area contributed by atoms with E-state index in [0.29, 0.717) is 0 Å². The van der Waals surface area contributed by atoms with Gasteiger partial charge < -0.3 is 14.6 Å². The Bertz CT molecular complexity index is 1350. The number of carboxylic acids is 1. The minimum Gasteiger partial charge on any atom is -0.482 e. The van der Waals surface area contributed by atoms with E-state index in [1.54, 1.807) is 6.07 Å². The van der Waals surface area contributed by atoms with Crippen molar-refractivity contribution in [2.45, 2.75) is 19.2 Å². The smallest absolute Gasteiger partial charge is 0.482 e. The number of aliphatic carboxylic acids is 1. The number of alkyl halides is 5. The van der Waals surface area contributed by atoms with Crippen LogP contribution in [-0.4, -0.2) is 32.0 Å². The molecule has 0 atom stereocenters. The predicted octanol–water partition coefficient (Wildman–Crippen LogP) is 4.82. The molecular weight excluding hydrogens is 570 g/mol. The summed E-state index contributed by atoms with van der Waals surface area (Å²) in [5.74, 6) is -4.07. The van der Waals surface area contributed by atoms with Crippen LogP contribution in [0.5, 0.6) is 17.2 Å². The van der Waals surface area contributed by atoms with E-state index in [0.717, 1.165) is 12.1 Å². The zero-order valence-corrected chi connectivity index (χ0v) is 19.3. The number of nitrogens with zero attached hydrogens (tertiary/aromatic N) is 3. The van der Waals surface area contributed by atoms with Crippen molar-refractivity contribution in [1.82, 2.24) is 14.8 Å². The number of aromatic nitrogens is 3. The molecule has 9 nitrogen and oxygen atoms in total. The number of carbonyl (C=O) groups is 1.